The van der Waals surface area contributed by atoms with Crippen LogP contribution in [0.15, 0.2) is 42.5 Å². The molecule has 0 heterocycles. The third-order valence-electron chi connectivity index (χ3n) is 15.2. The first kappa shape index (κ1) is 31.9. The lowest BCUT2D eigenvalue weighted by molar-refractivity contribution is -0.249. The highest BCUT2D eigenvalue weighted by Gasteiger charge is 2.71. The zero-order chi connectivity index (χ0) is 31.7. The van der Waals surface area contributed by atoms with E-state index in [4.69, 9.17) is 9.47 Å². The molecule has 5 saturated carbocycles. The molecule has 1 aromatic rings. The predicted octanol–water partition coefficient (Wildman–Crippen LogP) is 9.27. The molecular formula is C40H58O4. The molecule has 0 amide bonds. The van der Waals surface area contributed by atoms with Crippen LogP contribution in [0.3, 0.4) is 0 Å². The number of ether oxygens (including phenoxy) is 2. The molecule has 5 aliphatic carbocycles. The number of allylic oxidation sites excluding steroid dienone is 1. The Balaban J connectivity index is 1.25. The second-order valence-electron chi connectivity index (χ2n) is 17.1. The van der Waals surface area contributed by atoms with Gasteiger partial charge in [0.05, 0.1) is 19.8 Å². The third-order valence-corrected chi connectivity index (χ3v) is 15.2. The SMILES string of the molecule is C=C(C)[C@@H]1CC[C@]2(COC(=O)/C=C/c3ccc(OC)cc3)CC[C@]3(C)[C@H](CC[C@@H]4[C@@]5(C)CC[C@H](O)C(C)(C)[C@@H]5CC[C@]43C)[C@@H]12. The number of hydrogen-bond acceptors (Lipinski definition) is 4. The van der Waals surface area contributed by atoms with Crippen molar-refractivity contribution in [1.82, 2.24) is 0 Å². The number of rotatable bonds is 6. The summed E-state index contributed by atoms with van der Waals surface area (Å²) in [6, 6.07) is 7.72. The summed E-state index contributed by atoms with van der Waals surface area (Å²) >= 11 is 0. The summed E-state index contributed by atoms with van der Waals surface area (Å²) in [5.41, 5.74) is 3.13. The van der Waals surface area contributed by atoms with E-state index in [9.17, 15) is 9.90 Å². The summed E-state index contributed by atoms with van der Waals surface area (Å²) in [6.07, 6.45) is 15.0. The monoisotopic (exact) mass is 602 g/mol. The van der Waals surface area contributed by atoms with E-state index in [0.29, 0.717) is 36.2 Å². The van der Waals surface area contributed by atoms with Crippen molar-refractivity contribution in [3.63, 3.8) is 0 Å². The molecule has 44 heavy (non-hydrogen) atoms. The minimum absolute atomic E-state index is 0.0179. The number of esters is 1. The highest BCUT2D eigenvalue weighted by Crippen LogP contribution is 2.77. The molecule has 4 nitrogen and oxygen atoms in total. The van der Waals surface area contributed by atoms with Crippen molar-refractivity contribution in [2.75, 3.05) is 13.7 Å². The third kappa shape index (κ3) is 4.66. The van der Waals surface area contributed by atoms with Crippen LogP contribution in [0, 0.1) is 56.7 Å². The summed E-state index contributed by atoms with van der Waals surface area (Å²) in [7, 11) is 1.66. The average Bonchev–Trinajstić information content (AvgIpc) is 3.38. The van der Waals surface area contributed by atoms with Gasteiger partial charge in [-0.25, -0.2) is 4.79 Å². The van der Waals surface area contributed by atoms with Gasteiger partial charge in [-0.2, -0.15) is 0 Å². The number of aliphatic hydroxyl groups is 1. The lowest BCUT2D eigenvalue weighted by atomic mass is 9.32. The zero-order valence-electron chi connectivity index (χ0n) is 28.6. The first-order valence-corrected chi connectivity index (χ1v) is 17.5. The van der Waals surface area contributed by atoms with E-state index in [-0.39, 0.29) is 39.1 Å². The van der Waals surface area contributed by atoms with Gasteiger partial charge in [0.1, 0.15) is 5.75 Å². The van der Waals surface area contributed by atoms with Crippen molar-refractivity contribution in [3.05, 3.63) is 48.1 Å². The normalized spacial score (nSPS) is 44.2. The summed E-state index contributed by atoms with van der Waals surface area (Å²) in [6.45, 7) is 19.9. The van der Waals surface area contributed by atoms with Gasteiger partial charge in [-0.1, -0.05) is 58.9 Å². The molecule has 0 unspecified atom stereocenters. The van der Waals surface area contributed by atoms with Gasteiger partial charge in [0.2, 0.25) is 0 Å². The average molecular weight is 603 g/mol. The van der Waals surface area contributed by atoms with Gasteiger partial charge in [-0.05, 0) is 146 Å². The molecule has 5 fully saturated rings. The molecule has 4 heteroatoms. The zero-order valence-corrected chi connectivity index (χ0v) is 28.6. The summed E-state index contributed by atoms with van der Waals surface area (Å²) in [5.74, 6) is 3.48. The Kier molecular flexibility index (Phi) is 7.99. The number of aliphatic hydroxyl groups excluding tert-OH is 1. The van der Waals surface area contributed by atoms with Crippen molar-refractivity contribution >= 4 is 12.0 Å². The Labute approximate surface area is 267 Å². The Morgan fingerprint density at radius 3 is 2.32 bits per heavy atom. The van der Waals surface area contributed by atoms with E-state index in [0.717, 1.165) is 43.4 Å². The first-order valence-electron chi connectivity index (χ1n) is 17.5. The van der Waals surface area contributed by atoms with Crippen molar-refractivity contribution in [3.8, 4) is 5.75 Å². The summed E-state index contributed by atoms with van der Waals surface area (Å²) in [4.78, 5) is 13.0. The van der Waals surface area contributed by atoms with Crippen LogP contribution in [0.4, 0.5) is 0 Å². The standard InChI is InChI=1S/C40H58O4/c1-26(2)29-17-22-40(25-44-34(42)16-11-27-9-12-28(43-8)13-10-27)24-23-38(6)30(35(29)40)14-15-32-37(5)20-19-33(41)36(3,4)31(37)18-21-39(32,38)7/h9-13,16,29-33,35,41H,1,14-15,17-25H2,2-8H3/b16-11+/t29-,30+,31-,32+,33-,35+,37-,38+,39+,40+/m0/s1. The van der Waals surface area contributed by atoms with Gasteiger partial charge >= 0.3 is 5.97 Å². The van der Waals surface area contributed by atoms with Crippen LogP contribution in [-0.4, -0.2) is 30.9 Å². The molecule has 10 atom stereocenters. The molecule has 6 rings (SSSR count). The first-order chi connectivity index (χ1) is 20.7. The number of methoxy groups -OCH3 is 1. The fourth-order valence-corrected chi connectivity index (χ4v) is 12.7. The molecule has 0 aromatic heterocycles. The van der Waals surface area contributed by atoms with E-state index in [2.05, 4.69) is 48.1 Å². The van der Waals surface area contributed by atoms with Crippen molar-refractivity contribution in [2.45, 2.75) is 112 Å². The van der Waals surface area contributed by atoms with Crippen LogP contribution in [0.5, 0.6) is 5.75 Å². The van der Waals surface area contributed by atoms with Gasteiger partial charge in [-0.3, -0.25) is 0 Å². The molecular weight excluding hydrogens is 544 g/mol. The van der Waals surface area contributed by atoms with Crippen LogP contribution in [-0.2, 0) is 9.53 Å². The van der Waals surface area contributed by atoms with Gasteiger partial charge in [0.15, 0.2) is 0 Å². The molecule has 1 aromatic carbocycles. The number of fused-ring (bicyclic) bond motifs is 7. The van der Waals surface area contributed by atoms with E-state index in [1.54, 1.807) is 13.2 Å². The maximum absolute atomic E-state index is 13.0. The van der Waals surface area contributed by atoms with Crippen LogP contribution in [0.1, 0.15) is 111 Å². The molecule has 0 aliphatic heterocycles. The van der Waals surface area contributed by atoms with Gasteiger partial charge in [0.25, 0.3) is 0 Å². The number of carbonyl (C=O) groups is 1. The Morgan fingerprint density at radius 2 is 1.64 bits per heavy atom. The van der Waals surface area contributed by atoms with E-state index >= 15 is 0 Å². The number of hydrogen-bond donors (Lipinski definition) is 1. The highest BCUT2D eigenvalue weighted by atomic mass is 16.5. The van der Waals surface area contributed by atoms with Crippen molar-refractivity contribution in [1.29, 1.82) is 0 Å². The number of benzene rings is 1. The number of carbonyl (C=O) groups excluding carboxylic acids is 1. The van der Waals surface area contributed by atoms with Crippen molar-refractivity contribution in [2.24, 2.45) is 56.7 Å². The molecule has 0 bridgehead atoms. The fraction of sp³-hybridized carbons (Fsp3) is 0.725. The highest BCUT2D eigenvalue weighted by molar-refractivity contribution is 5.87. The van der Waals surface area contributed by atoms with Crippen LogP contribution >= 0.6 is 0 Å². The molecule has 1 N–H and O–H groups in total. The molecule has 5 aliphatic rings. The lowest BCUT2D eigenvalue weighted by Gasteiger charge is -2.73. The minimum atomic E-state index is -0.245. The van der Waals surface area contributed by atoms with E-state index < -0.39 is 0 Å². The van der Waals surface area contributed by atoms with Gasteiger partial charge < -0.3 is 14.6 Å². The summed E-state index contributed by atoms with van der Waals surface area (Å²) in [5, 5.41) is 11.0. The lowest BCUT2D eigenvalue weighted by Crippen LogP contribution is -2.66. The molecule has 0 spiro atoms. The van der Waals surface area contributed by atoms with E-state index in [1.165, 1.54) is 37.7 Å². The minimum Gasteiger partial charge on any atom is -0.497 e. The second kappa shape index (κ2) is 11.0. The van der Waals surface area contributed by atoms with Crippen LogP contribution < -0.4 is 4.74 Å². The van der Waals surface area contributed by atoms with Gasteiger partial charge in [-0.15, -0.1) is 0 Å². The maximum Gasteiger partial charge on any atom is 0.330 e. The second-order valence-corrected chi connectivity index (χ2v) is 17.1. The summed E-state index contributed by atoms with van der Waals surface area (Å²) < 4.78 is 11.4. The maximum atomic E-state index is 13.0. The Hall–Kier alpha value is -2.07. The Morgan fingerprint density at radius 1 is 0.909 bits per heavy atom. The molecule has 242 valence electrons. The van der Waals surface area contributed by atoms with E-state index in [1.807, 2.05) is 30.3 Å². The quantitative estimate of drug-likeness (QED) is 0.200. The predicted molar refractivity (Wildman–Crippen MR) is 178 cm³/mol. The fourth-order valence-electron chi connectivity index (χ4n) is 12.7. The van der Waals surface area contributed by atoms with Crippen molar-refractivity contribution < 1.29 is 19.4 Å². The Bertz CT molecular complexity index is 1290. The van der Waals surface area contributed by atoms with Crippen LogP contribution in [0.2, 0.25) is 0 Å². The van der Waals surface area contributed by atoms with Gasteiger partial charge in [0, 0.05) is 11.5 Å². The smallest absolute Gasteiger partial charge is 0.330 e. The topological polar surface area (TPSA) is 55.8 Å². The largest absolute Gasteiger partial charge is 0.497 e. The molecule has 0 saturated heterocycles. The molecule has 0 radical (unpaired) electrons. The van der Waals surface area contributed by atoms with Crippen LogP contribution in [0.25, 0.3) is 6.08 Å².